The Labute approximate surface area is 133 Å². The molecule has 3 heteroatoms. The van der Waals surface area contributed by atoms with Gasteiger partial charge in [0.2, 0.25) is 0 Å². The van der Waals surface area contributed by atoms with E-state index >= 15 is 0 Å². The molecule has 1 aliphatic carbocycles. The molecule has 0 heterocycles. The highest BCUT2D eigenvalue weighted by molar-refractivity contribution is 9.10. The zero-order chi connectivity index (χ0) is 15.0. The number of hydrogen-bond acceptors (Lipinski definition) is 1. The molecule has 1 N–H and O–H groups in total. The summed E-state index contributed by atoms with van der Waals surface area (Å²) in [6.45, 7) is 4.11. The molecular weight excluding hydrogens is 329 g/mol. The average Bonchev–Trinajstić information content (AvgIpc) is 2.40. The highest BCUT2D eigenvalue weighted by Crippen LogP contribution is 2.39. The van der Waals surface area contributed by atoms with Crippen molar-refractivity contribution in [2.24, 2.45) is 0 Å². The van der Waals surface area contributed by atoms with Gasteiger partial charge in [0.1, 0.15) is 5.82 Å². The van der Waals surface area contributed by atoms with E-state index in [4.69, 9.17) is 0 Å². The van der Waals surface area contributed by atoms with Crippen molar-refractivity contribution in [2.75, 3.05) is 5.32 Å². The molecule has 1 fully saturated rings. The fourth-order valence-corrected chi connectivity index (χ4v) is 3.33. The Morgan fingerprint density at radius 3 is 2.43 bits per heavy atom. The van der Waals surface area contributed by atoms with Crippen molar-refractivity contribution in [2.45, 2.75) is 38.6 Å². The Hall–Kier alpha value is -1.35. The van der Waals surface area contributed by atoms with Crippen molar-refractivity contribution < 1.29 is 4.39 Å². The molecule has 1 aliphatic rings. The van der Waals surface area contributed by atoms with E-state index in [0.29, 0.717) is 16.4 Å². The molecule has 0 bridgehead atoms. The third kappa shape index (κ3) is 3.13. The van der Waals surface area contributed by atoms with Gasteiger partial charge in [0.25, 0.3) is 0 Å². The summed E-state index contributed by atoms with van der Waals surface area (Å²) in [6.07, 6.45) is 2.22. The smallest absolute Gasteiger partial charge is 0.139 e. The largest absolute Gasteiger partial charge is 0.382 e. The van der Waals surface area contributed by atoms with Gasteiger partial charge in [-0.25, -0.2) is 4.39 Å². The van der Waals surface area contributed by atoms with Crippen molar-refractivity contribution >= 4 is 21.6 Å². The maximum absolute atomic E-state index is 13.6. The molecule has 2 aromatic rings. The molecule has 0 aliphatic heterocycles. The van der Waals surface area contributed by atoms with Gasteiger partial charge in [-0.3, -0.25) is 0 Å². The van der Waals surface area contributed by atoms with Crippen molar-refractivity contribution in [3.05, 3.63) is 63.4 Å². The molecule has 3 rings (SSSR count). The second-order valence-electron chi connectivity index (χ2n) is 6.00. The Kier molecular flexibility index (Phi) is 4.03. The van der Waals surface area contributed by atoms with Gasteiger partial charge in [-0.15, -0.1) is 0 Å². The molecule has 0 atom stereocenters. The summed E-state index contributed by atoms with van der Waals surface area (Å²) in [6, 6.07) is 12.6. The minimum absolute atomic E-state index is 0.211. The highest BCUT2D eigenvalue weighted by atomic mass is 79.9. The quantitative estimate of drug-likeness (QED) is 0.765. The van der Waals surface area contributed by atoms with Crippen molar-refractivity contribution in [3.8, 4) is 0 Å². The van der Waals surface area contributed by atoms with Gasteiger partial charge in [-0.05, 0) is 71.8 Å². The molecule has 0 unspecified atom stereocenters. The van der Waals surface area contributed by atoms with Crippen molar-refractivity contribution in [1.82, 2.24) is 0 Å². The lowest BCUT2D eigenvalue weighted by Gasteiger charge is -2.37. The van der Waals surface area contributed by atoms with Crippen LogP contribution in [0, 0.1) is 19.7 Å². The number of anilines is 1. The van der Waals surface area contributed by atoms with Gasteiger partial charge in [0.15, 0.2) is 0 Å². The molecule has 0 amide bonds. The van der Waals surface area contributed by atoms with Crippen LogP contribution in [0.15, 0.2) is 40.9 Å². The first-order chi connectivity index (χ1) is 10.0. The normalized spacial score (nSPS) is 21.0. The molecule has 0 radical (unpaired) electrons. The molecule has 0 aromatic heterocycles. The van der Waals surface area contributed by atoms with Crippen LogP contribution in [-0.4, -0.2) is 6.04 Å². The fraction of sp³-hybridized carbons (Fsp3) is 0.333. The summed E-state index contributed by atoms with van der Waals surface area (Å²) in [5.74, 6) is 0.418. The second-order valence-corrected chi connectivity index (χ2v) is 6.86. The van der Waals surface area contributed by atoms with E-state index in [9.17, 15) is 4.39 Å². The van der Waals surface area contributed by atoms with E-state index in [1.807, 2.05) is 13.0 Å². The maximum atomic E-state index is 13.6. The summed E-state index contributed by atoms with van der Waals surface area (Å²) < 4.78 is 14.1. The lowest BCUT2D eigenvalue weighted by molar-refractivity contribution is 0.374. The number of benzene rings is 2. The molecule has 1 saturated carbocycles. The molecule has 2 aromatic carbocycles. The van der Waals surface area contributed by atoms with Crippen LogP contribution in [0.3, 0.4) is 0 Å². The SMILES string of the molecule is Cc1ccc(C2CC(Nc3cc(F)c(Br)cc3C)C2)cc1. The summed E-state index contributed by atoms with van der Waals surface area (Å²) in [5, 5.41) is 3.46. The van der Waals surface area contributed by atoms with Crippen molar-refractivity contribution in [3.63, 3.8) is 0 Å². The van der Waals surface area contributed by atoms with E-state index in [-0.39, 0.29) is 5.82 Å². The van der Waals surface area contributed by atoms with Crippen LogP contribution in [0.2, 0.25) is 0 Å². The minimum atomic E-state index is -0.211. The third-order valence-electron chi connectivity index (χ3n) is 4.31. The van der Waals surface area contributed by atoms with Gasteiger partial charge in [-0.2, -0.15) is 0 Å². The summed E-state index contributed by atoms with van der Waals surface area (Å²) in [5.41, 5.74) is 4.69. The highest BCUT2D eigenvalue weighted by Gasteiger charge is 2.30. The number of nitrogens with one attached hydrogen (secondary N) is 1. The van der Waals surface area contributed by atoms with Gasteiger partial charge in [0.05, 0.1) is 4.47 Å². The lowest BCUT2D eigenvalue weighted by atomic mass is 9.75. The van der Waals surface area contributed by atoms with Crippen LogP contribution in [0.1, 0.15) is 35.4 Å². The Morgan fingerprint density at radius 1 is 1.10 bits per heavy atom. The maximum Gasteiger partial charge on any atom is 0.139 e. The van der Waals surface area contributed by atoms with Gasteiger partial charge in [0, 0.05) is 11.7 Å². The molecule has 21 heavy (non-hydrogen) atoms. The lowest BCUT2D eigenvalue weighted by Crippen LogP contribution is -2.34. The summed E-state index contributed by atoms with van der Waals surface area (Å²) in [7, 11) is 0. The fourth-order valence-electron chi connectivity index (χ4n) is 2.87. The zero-order valence-electron chi connectivity index (χ0n) is 12.3. The van der Waals surface area contributed by atoms with E-state index in [1.165, 1.54) is 11.1 Å². The van der Waals surface area contributed by atoms with Gasteiger partial charge >= 0.3 is 0 Å². The molecule has 0 spiro atoms. The monoisotopic (exact) mass is 347 g/mol. The Morgan fingerprint density at radius 2 is 1.76 bits per heavy atom. The van der Waals surface area contributed by atoms with Crippen LogP contribution >= 0.6 is 15.9 Å². The predicted molar refractivity (Wildman–Crippen MR) is 89.4 cm³/mol. The zero-order valence-corrected chi connectivity index (χ0v) is 13.9. The average molecular weight is 348 g/mol. The summed E-state index contributed by atoms with van der Waals surface area (Å²) >= 11 is 3.22. The summed E-state index contributed by atoms with van der Waals surface area (Å²) in [4.78, 5) is 0. The number of rotatable bonds is 3. The standard InChI is InChI=1S/C18H19BrFN/c1-11-3-5-13(6-4-11)14-8-15(9-14)21-18-10-17(20)16(19)7-12(18)2/h3-7,10,14-15,21H,8-9H2,1-2H3. The molecule has 0 saturated heterocycles. The Bertz CT molecular complexity index is 645. The van der Waals surface area contributed by atoms with E-state index < -0.39 is 0 Å². The topological polar surface area (TPSA) is 12.0 Å². The van der Waals surface area contributed by atoms with Crippen LogP contribution in [0.5, 0.6) is 0 Å². The molecule has 1 nitrogen and oxygen atoms in total. The van der Waals surface area contributed by atoms with Gasteiger partial charge in [-0.1, -0.05) is 29.8 Å². The van der Waals surface area contributed by atoms with Crippen LogP contribution in [-0.2, 0) is 0 Å². The Balaban J connectivity index is 1.62. The van der Waals surface area contributed by atoms with E-state index in [1.54, 1.807) is 6.07 Å². The number of aryl methyl sites for hydroxylation is 2. The van der Waals surface area contributed by atoms with Crippen LogP contribution < -0.4 is 5.32 Å². The van der Waals surface area contributed by atoms with Crippen molar-refractivity contribution in [1.29, 1.82) is 0 Å². The van der Waals surface area contributed by atoms with Crippen LogP contribution in [0.4, 0.5) is 10.1 Å². The molecule has 110 valence electrons. The second kappa shape index (κ2) is 5.80. The van der Waals surface area contributed by atoms with Gasteiger partial charge < -0.3 is 5.32 Å². The molecular formula is C18H19BrFN. The third-order valence-corrected chi connectivity index (χ3v) is 4.92. The first kappa shape index (κ1) is 14.6. The predicted octanol–water partition coefficient (Wildman–Crippen LogP) is 5.56. The van der Waals surface area contributed by atoms with Crippen LogP contribution in [0.25, 0.3) is 0 Å². The minimum Gasteiger partial charge on any atom is -0.382 e. The first-order valence-corrected chi connectivity index (χ1v) is 8.11. The number of halogens is 2. The van der Waals surface area contributed by atoms with E-state index in [0.717, 1.165) is 24.1 Å². The first-order valence-electron chi connectivity index (χ1n) is 7.31. The number of hydrogen-bond donors (Lipinski definition) is 1. The van der Waals surface area contributed by atoms with E-state index in [2.05, 4.69) is 52.4 Å².